The number of rotatable bonds is 5. The molecule has 1 aromatic heterocycles. The van der Waals surface area contributed by atoms with Gasteiger partial charge in [0, 0.05) is 12.3 Å². The van der Waals surface area contributed by atoms with E-state index in [1.54, 1.807) is 6.26 Å². The van der Waals surface area contributed by atoms with E-state index in [0.29, 0.717) is 12.5 Å². The highest BCUT2D eigenvalue weighted by molar-refractivity contribution is 5.11. The molecule has 0 saturated heterocycles. The van der Waals surface area contributed by atoms with E-state index in [2.05, 4.69) is 4.98 Å². The Morgan fingerprint density at radius 2 is 2.11 bits per heavy atom. The van der Waals surface area contributed by atoms with Crippen LogP contribution in [0.15, 0.2) is 16.8 Å². The third-order valence-electron chi connectivity index (χ3n) is 3.55. The Morgan fingerprint density at radius 1 is 1.33 bits per heavy atom. The average molecular weight is 249 g/mol. The minimum atomic E-state index is 0.544. The monoisotopic (exact) mass is 249 g/mol. The summed E-state index contributed by atoms with van der Waals surface area (Å²) in [7, 11) is 0. The van der Waals surface area contributed by atoms with Crippen LogP contribution in [0.4, 0.5) is 0 Å². The van der Waals surface area contributed by atoms with Crippen molar-refractivity contribution in [2.75, 3.05) is 6.61 Å². The Morgan fingerprint density at radius 3 is 2.83 bits per heavy atom. The van der Waals surface area contributed by atoms with Crippen molar-refractivity contribution >= 4 is 0 Å². The van der Waals surface area contributed by atoms with Gasteiger partial charge in [-0.3, -0.25) is 0 Å². The van der Waals surface area contributed by atoms with Gasteiger partial charge in [-0.05, 0) is 26.7 Å². The second-order valence-electron chi connectivity index (χ2n) is 4.98. The Labute approximate surface area is 109 Å². The SMILES string of the molecule is C/C=C/OCCc1nc(C2CCCCC2)oc1C. The maximum atomic E-state index is 5.83. The van der Waals surface area contributed by atoms with E-state index < -0.39 is 0 Å². The van der Waals surface area contributed by atoms with Gasteiger partial charge >= 0.3 is 0 Å². The molecule has 0 aliphatic heterocycles. The minimum Gasteiger partial charge on any atom is -0.501 e. The van der Waals surface area contributed by atoms with Gasteiger partial charge in [-0.15, -0.1) is 0 Å². The van der Waals surface area contributed by atoms with E-state index in [-0.39, 0.29) is 0 Å². The maximum Gasteiger partial charge on any atom is 0.197 e. The number of hydrogen-bond donors (Lipinski definition) is 0. The number of oxazole rings is 1. The third-order valence-corrected chi connectivity index (χ3v) is 3.55. The van der Waals surface area contributed by atoms with Crippen LogP contribution in [0.5, 0.6) is 0 Å². The minimum absolute atomic E-state index is 0.544. The van der Waals surface area contributed by atoms with Crippen LogP contribution < -0.4 is 0 Å². The van der Waals surface area contributed by atoms with Crippen molar-refractivity contribution in [1.29, 1.82) is 0 Å². The van der Waals surface area contributed by atoms with Crippen LogP contribution in [0.1, 0.15) is 62.3 Å². The molecule has 0 bridgehead atoms. The summed E-state index contributed by atoms with van der Waals surface area (Å²) in [5, 5.41) is 0. The van der Waals surface area contributed by atoms with Crippen molar-refractivity contribution in [1.82, 2.24) is 4.98 Å². The van der Waals surface area contributed by atoms with Gasteiger partial charge in [-0.25, -0.2) is 4.98 Å². The van der Waals surface area contributed by atoms with Gasteiger partial charge in [0.15, 0.2) is 5.89 Å². The first-order chi connectivity index (χ1) is 8.81. The molecule has 1 fully saturated rings. The fraction of sp³-hybridized carbons (Fsp3) is 0.667. The molecule has 0 unspecified atom stereocenters. The first kappa shape index (κ1) is 13.2. The van der Waals surface area contributed by atoms with Crippen molar-refractivity contribution in [3.8, 4) is 0 Å². The second-order valence-corrected chi connectivity index (χ2v) is 4.98. The lowest BCUT2D eigenvalue weighted by molar-refractivity contribution is 0.252. The molecule has 0 amide bonds. The van der Waals surface area contributed by atoms with Crippen molar-refractivity contribution in [2.45, 2.75) is 58.3 Å². The zero-order chi connectivity index (χ0) is 12.8. The van der Waals surface area contributed by atoms with Crippen molar-refractivity contribution in [3.63, 3.8) is 0 Å². The largest absolute Gasteiger partial charge is 0.501 e. The molecule has 1 aliphatic carbocycles. The van der Waals surface area contributed by atoms with Gasteiger partial charge in [0.2, 0.25) is 0 Å². The lowest BCUT2D eigenvalue weighted by Crippen LogP contribution is -2.05. The van der Waals surface area contributed by atoms with E-state index in [4.69, 9.17) is 9.15 Å². The number of aromatic nitrogens is 1. The Hall–Kier alpha value is -1.25. The highest BCUT2D eigenvalue weighted by Crippen LogP contribution is 2.32. The highest BCUT2D eigenvalue weighted by Gasteiger charge is 2.21. The topological polar surface area (TPSA) is 35.3 Å². The van der Waals surface area contributed by atoms with E-state index in [1.807, 2.05) is 19.9 Å². The molecule has 0 atom stereocenters. The number of ether oxygens (including phenoxy) is 1. The second kappa shape index (κ2) is 6.62. The summed E-state index contributed by atoms with van der Waals surface area (Å²) in [5.74, 6) is 2.45. The van der Waals surface area contributed by atoms with Gasteiger partial charge in [0.1, 0.15) is 5.76 Å². The third kappa shape index (κ3) is 3.37. The summed E-state index contributed by atoms with van der Waals surface area (Å²) in [5.41, 5.74) is 1.06. The van der Waals surface area contributed by atoms with E-state index >= 15 is 0 Å². The normalized spacial score (nSPS) is 17.4. The van der Waals surface area contributed by atoms with Crippen LogP contribution in [0.3, 0.4) is 0 Å². The summed E-state index contributed by atoms with van der Waals surface area (Å²) in [6.07, 6.45) is 10.9. The molecule has 0 spiro atoms. The molecule has 0 N–H and O–H groups in total. The zero-order valence-electron chi connectivity index (χ0n) is 11.4. The molecule has 2 rings (SSSR count). The fourth-order valence-electron chi connectivity index (χ4n) is 2.53. The number of hydrogen-bond acceptors (Lipinski definition) is 3. The van der Waals surface area contributed by atoms with Gasteiger partial charge in [-0.2, -0.15) is 0 Å². The van der Waals surface area contributed by atoms with E-state index in [0.717, 1.165) is 23.8 Å². The smallest absolute Gasteiger partial charge is 0.197 e. The molecule has 1 aromatic rings. The first-order valence-electron chi connectivity index (χ1n) is 7.00. The summed E-state index contributed by atoms with van der Waals surface area (Å²) < 4.78 is 11.2. The van der Waals surface area contributed by atoms with Crippen LogP contribution in [0.25, 0.3) is 0 Å². The van der Waals surface area contributed by atoms with Crippen molar-refractivity contribution < 1.29 is 9.15 Å². The molecule has 1 heterocycles. The fourth-order valence-corrected chi connectivity index (χ4v) is 2.53. The Bertz CT molecular complexity index is 389. The van der Waals surface area contributed by atoms with Crippen LogP contribution in [0.2, 0.25) is 0 Å². The lowest BCUT2D eigenvalue weighted by Gasteiger charge is -2.17. The van der Waals surface area contributed by atoms with Crippen LogP contribution in [0, 0.1) is 6.92 Å². The average Bonchev–Trinajstić information content (AvgIpc) is 2.77. The Kier molecular flexibility index (Phi) is 4.85. The molecular formula is C15H23NO2. The van der Waals surface area contributed by atoms with Gasteiger partial charge in [0.05, 0.1) is 18.6 Å². The van der Waals surface area contributed by atoms with Crippen LogP contribution in [-0.2, 0) is 11.2 Å². The van der Waals surface area contributed by atoms with Gasteiger partial charge in [0.25, 0.3) is 0 Å². The predicted molar refractivity (Wildman–Crippen MR) is 71.5 cm³/mol. The van der Waals surface area contributed by atoms with Gasteiger partial charge in [-0.1, -0.05) is 25.3 Å². The molecule has 3 heteroatoms. The molecule has 100 valence electrons. The molecule has 1 saturated carbocycles. The molecule has 0 aromatic carbocycles. The molecule has 1 aliphatic rings. The molecule has 3 nitrogen and oxygen atoms in total. The number of allylic oxidation sites excluding steroid dienone is 1. The first-order valence-corrected chi connectivity index (χ1v) is 7.00. The molecule has 0 radical (unpaired) electrons. The number of nitrogens with zero attached hydrogens (tertiary/aromatic N) is 1. The summed E-state index contributed by atoms with van der Waals surface area (Å²) in [6.45, 7) is 4.62. The van der Waals surface area contributed by atoms with Crippen molar-refractivity contribution in [3.05, 3.63) is 29.7 Å². The summed E-state index contributed by atoms with van der Waals surface area (Å²) in [4.78, 5) is 4.66. The van der Waals surface area contributed by atoms with E-state index in [1.165, 1.54) is 32.1 Å². The standard InChI is InChI=1S/C15H23NO2/c1-3-10-17-11-9-14-12(2)18-15(16-14)13-7-5-4-6-8-13/h3,10,13H,4-9,11H2,1-2H3/b10-3+. The predicted octanol–water partition coefficient (Wildman–Crippen LogP) is 4.12. The van der Waals surface area contributed by atoms with Crippen LogP contribution in [-0.4, -0.2) is 11.6 Å². The summed E-state index contributed by atoms with van der Waals surface area (Å²) in [6, 6.07) is 0. The Balaban J connectivity index is 1.93. The van der Waals surface area contributed by atoms with Crippen molar-refractivity contribution in [2.24, 2.45) is 0 Å². The zero-order valence-corrected chi connectivity index (χ0v) is 11.4. The lowest BCUT2D eigenvalue weighted by atomic mass is 9.89. The highest BCUT2D eigenvalue weighted by atomic mass is 16.5. The molecular weight excluding hydrogens is 226 g/mol. The summed E-state index contributed by atoms with van der Waals surface area (Å²) >= 11 is 0. The quantitative estimate of drug-likeness (QED) is 0.581. The van der Waals surface area contributed by atoms with Gasteiger partial charge < -0.3 is 9.15 Å². The van der Waals surface area contributed by atoms with Crippen LogP contribution >= 0.6 is 0 Å². The molecule has 18 heavy (non-hydrogen) atoms. The number of aryl methyl sites for hydroxylation is 1. The van der Waals surface area contributed by atoms with E-state index in [9.17, 15) is 0 Å². The maximum absolute atomic E-state index is 5.83.